The van der Waals surface area contributed by atoms with Crippen LogP contribution in [-0.4, -0.2) is 31.7 Å². The fraction of sp³-hybridized carbons (Fsp3) is 0.316. The van der Waals surface area contributed by atoms with Gasteiger partial charge < -0.3 is 15.4 Å². The van der Waals surface area contributed by atoms with Gasteiger partial charge in [0.2, 0.25) is 5.91 Å². The Balaban J connectivity index is 1.55. The second-order valence-corrected chi connectivity index (χ2v) is 5.74. The predicted molar refractivity (Wildman–Crippen MR) is 91.0 cm³/mol. The number of amides is 1. The molecular formula is C19H22N2O2. The molecular weight excluding hydrogens is 288 g/mol. The average Bonchev–Trinajstić information content (AvgIpc) is 2.62. The Morgan fingerprint density at radius 1 is 1.13 bits per heavy atom. The molecule has 2 aromatic carbocycles. The number of benzene rings is 2. The van der Waals surface area contributed by atoms with Gasteiger partial charge in [-0.15, -0.1) is 0 Å². The minimum Gasteiger partial charge on any atom is -0.375 e. The quantitative estimate of drug-likeness (QED) is 0.891. The smallest absolute Gasteiger partial charge is 0.222 e. The fourth-order valence-electron chi connectivity index (χ4n) is 2.72. The number of carbonyl (C=O) groups is 1. The van der Waals surface area contributed by atoms with Crippen LogP contribution in [0.4, 0.5) is 0 Å². The van der Waals surface area contributed by atoms with Crippen molar-refractivity contribution in [2.24, 2.45) is 0 Å². The first-order chi connectivity index (χ1) is 11.3. The molecule has 1 heterocycles. The van der Waals surface area contributed by atoms with Crippen molar-refractivity contribution in [1.82, 2.24) is 10.6 Å². The highest BCUT2D eigenvalue weighted by molar-refractivity contribution is 5.76. The lowest BCUT2D eigenvalue weighted by molar-refractivity contribution is -0.124. The molecule has 0 bridgehead atoms. The van der Waals surface area contributed by atoms with Gasteiger partial charge in [-0.25, -0.2) is 0 Å². The van der Waals surface area contributed by atoms with Gasteiger partial charge in [-0.3, -0.25) is 4.79 Å². The van der Waals surface area contributed by atoms with Crippen molar-refractivity contribution < 1.29 is 9.53 Å². The van der Waals surface area contributed by atoms with Crippen molar-refractivity contribution in [2.45, 2.75) is 19.1 Å². The number of carbonyl (C=O) groups excluding carboxylic acids is 1. The van der Waals surface area contributed by atoms with Crippen LogP contribution < -0.4 is 10.6 Å². The summed E-state index contributed by atoms with van der Waals surface area (Å²) >= 11 is 0. The average molecular weight is 310 g/mol. The molecule has 23 heavy (non-hydrogen) atoms. The van der Waals surface area contributed by atoms with Crippen LogP contribution in [0.5, 0.6) is 0 Å². The van der Waals surface area contributed by atoms with E-state index in [4.69, 9.17) is 4.74 Å². The van der Waals surface area contributed by atoms with Gasteiger partial charge in [-0.05, 0) is 22.8 Å². The van der Waals surface area contributed by atoms with Crippen molar-refractivity contribution in [2.75, 3.05) is 19.7 Å². The molecule has 0 saturated carbocycles. The van der Waals surface area contributed by atoms with Gasteiger partial charge in [0.15, 0.2) is 0 Å². The van der Waals surface area contributed by atoms with Gasteiger partial charge in [0, 0.05) is 19.6 Å². The van der Waals surface area contributed by atoms with E-state index in [2.05, 4.69) is 34.9 Å². The van der Waals surface area contributed by atoms with Crippen LogP contribution in [0.1, 0.15) is 12.0 Å². The number of ether oxygens (including phenoxy) is 1. The molecule has 1 amide bonds. The Morgan fingerprint density at radius 2 is 1.96 bits per heavy atom. The summed E-state index contributed by atoms with van der Waals surface area (Å²) in [6.07, 6.45) is 0.394. The third kappa shape index (κ3) is 4.65. The van der Waals surface area contributed by atoms with Gasteiger partial charge in [-0.2, -0.15) is 0 Å². The highest BCUT2D eigenvalue weighted by Gasteiger charge is 2.16. The monoisotopic (exact) mass is 310 g/mol. The van der Waals surface area contributed by atoms with E-state index in [9.17, 15) is 4.79 Å². The van der Waals surface area contributed by atoms with Crippen LogP contribution in [0.15, 0.2) is 54.6 Å². The summed E-state index contributed by atoms with van der Waals surface area (Å²) < 4.78 is 5.55. The standard InChI is InChI=1S/C19H22N2O2/c22-19(12-18-14-20-9-10-23-18)21-13-15-5-4-8-17(11-15)16-6-2-1-3-7-16/h1-8,11,18,20H,9-10,12-14H2,(H,21,22). The van der Waals surface area contributed by atoms with Crippen LogP contribution in [0.25, 0.3) is 11.1 Å². The van der Waals surface area contributed by atoms with E-state index in [-0.39, 0.29) is 12.0 Å². The van der Waals surface area contributed by atoms with E-state index in [1.807, 2.05) is 30.3 Å². The maximum absolute atomic E-state index is 12.0. The molecule has 1 atom stereocenters. The SMILES string of the molecule is O=C(CC1CNCCO1)NCc1cccc(-c2ccccc2)c1. The van der Waals surface area contributed by atoms with Crippen LogP contribution in [0.3, 0.4) is 0 Å². The largest absolute Gasteiger partial charge is 0.375 e. The third-order valence-corrected chi connectivity index (χ3v) is 3.94. The molecule has 4 heteroatoms. The Morgan fingerprint density at radius 3 is 2.74 bits per heavy atom. The third-order valence-electron chi connectivity index (χ3n) is 3.94. The zero-order chi connectivity index (χ0) is 15.9. The summed E-state index contributed by atoms with van der Waals surface area (Å²) in [6, 6.07) is 18.5. The van der Waals surface area contributed by atoms with Crippen LogP contribution >= 0.6 is 0 Å². The molecule has 0 radical (unpaired) electrons. The Kier molecular flexibility index (Phi) is 5.40. The molecule has 1 fully saturated rings. The predicted octanol–water partition coefficient (Wildman–Crippen LogP) is 2.35. The van der Waals surface area contributed by atoms with E-state index >= 15 is 0 Å². The zero-order valence-corrected chi connectivity index (χ0v) is 13.1. The normalized spacial score (nSPS) is 17.7. The zero-order valence-electron chi connectivity index (χ0n) is 13.1. The maximum Gasteiger partial charge on any atom is 0.222 e. The van der Waals surface area contributed by atoms with Crippen LogP contribution in [0, 0.1) is 0 Å². The summed E-state index contributed by atoms with van der Waals surface area (Å²) in [7, 11) is 0. The van der Waals surface area contributed by atoms with E-state index in [1.165, 1.54) is 5.56 Å². The van der Waals surface area contributed by atoms with Crippen LogP contribution in [-0.2, 0) is 16.1 Å². The minimum atomic E-state index is -0.0144. The molecule has 1 aliphatic heterocycles. The minimum absolute atomic E-state index is 0.0144. The molecule has 0 aromatic heterocycles. The number of nitrogens with one attached hydrogen (secondary N) is 2. The molecule has 4 nitrogen and oxygen atoms in total. The molecule has 1 saturated heterocycles. The van der Waals surface area contributed by atoms with Crippen molar-refractivity contribution >= 4 is 5.91 Å². The second kappa shape index (κ2) is 7.90. The Labute approximate surface area is 136 Å². The number of rotatable bonds is 5. The summed E-state index contributed by atoms with van der Waals surface area (Å²) in [4.78, 5) is 12.0. The highest BCUT2D eigenvalue weighted by Crippen LogP contribution is 2.19. The summed E-state index contributed by atoms with van der Waals surface area (Å²) in [5.41, 5.74) is 3.45. The second-order valence-electron chi connectivity index (χ2n) is 5.74. The van der Waals surface area contributed by atoms with Gasteiger partial charge in [0.05, 0.1) is 19.1 Å². The van der Waals surface area contributed by atoms with Crippen molar-refractivity contribution in [1.29, 1.82) is 0 Å². The molecule has 0 spiro atoms. The van der Waals surface area contributed by atoms with E-state index in [1.54, 1.807) is 0 Å². The molecule has 1 aliphatic rings. The Hall–Kier alpha value is -2.17. The summed E-state index contributed by atoms with van der Waals surface area (Å²) in [6.45, 7) is 2.83. The highest BCUT2D eigenvalue weighted by atomic mass is 16.5. The van der Waals surface area contributed by atoms with E-state index in [0.717, 1.165) is 24.2 Å². The van der Waals surface area contributed by atoms with E-state index < -0.39 is 0 Å². The summed E-state index contributed by atoms with van der Waals surface area (Å²) in [5.74, 6) is 0.0313. The first kappa shape index (κ1) is 15.7. The number of hydrogen-bond acceptors (Lipinski definition) is 3. The van der Waals surface area contributed by atoms with Crippen LogP contribution in [0.2, 0.25) is 0 Å². The molecule has 2 N–H and O–H groups in total. The van der Waals surface area contributed by atoms with Crippen molar-refractivity contribution in [3.63, 3.8) is 0 Å². The maximum atomic E-state index is 12.0. The first-order valence-electron chi connectivity index (χ1n) is 8.04. The first-order valence-corrected chi connectivity index (χ1v) is 8.04. The Bertz CT molecular complexity index is 637. The fourth-order valence-corrected chi connectivity index (χ4v) is 2.72. The lowest BCUT2D eigenvalue weighted by Gasteiger charge is -2.23. The molecule has 1 unspecified atom stereocenters. The molecule has 2 aromatic rings. The van der Waals surface area contributed by atoms with Gasteiger partial charge in [-0.1, -0.05) is 48.5 Å². The molecule has 120 valence electrons. The van der Waals surface area contributed by atoms with Crippen molar-refractivity contribution in [3.8, 4) is 11.1 Å². The molecule has 3 rings (SSSR count). The van der Waals surface area contributed by atoms with E-state index in [0.29, 0.717) is 19.6 Å². The lowest BCUT2D eigenvalue weighted by atomic mass is 10.0. The van der Waals surface area contributed by atoms with Crippen molar-refractivity contribution in [3.05, 3.63) is 60.2 Å². The number of hydrogen-bond donors (Lipinski definition) is 2. The van der Waals surface area contributed by atoms with Gasteiger partial charge >= 0.3 is 0 Å². The van der Waals surface area contributed by atoms with Gasteiger partial charge in [0.1, 0.15) is 0 Å². The topological polar surface area (TPSA) is 50.4 Å². The lowest BCUT2D eigenvalue weighted by Crippen LogP contribution is -2.41. The molecule has 0 aliphatic carbocycles. The summed E-state index contributed by atoms with van der Waals surface area (Å²) in [5, 5.41) is 6.21. The van der Waals surface area contributed by atoms with Gasteiger partial charge in [0.25, 0.3) is 0 Å². The number of morpholine rings is 1.